The number of aromatic nitrogens is 3. The number of benzene rings is 3. The molecule has 3 aromatic carbocycles. The Hall–Kier alpha value is -3.40. The van der Waals surface area contributed by atoms with Crippen LogP contribution in [0.3, 0.4) is 0 Å². The summed E-state index contributed by atoms with van der Waals surface area (Å²) in [6, 6.07) is 23.5. The Morgan fingerprint density at radius 3 is 2.46 bits per heavy atom. The molecule has 0 unspecified atom stereocenters. The van der Waals surface area contributed by atoms with E-state index in [9.17, 15) is 8.42 Å². The number of anilines is 1. The Bertz CT molecular complexity index is 1630. The molecule has 1 aliphatic rings. The van der Waals surface area contributed by atoms with Gasteiger partial charge in [-0.25, -0.2) is 13.4 Å². The summed E-state index contributed by atoms with van der Waals surface area (Å²) in [5, 5.41) is 12.2. The van der Waals surface area contributed by atoms with Crippen molar-refractivity contribution in [2.24, 2.45) is 0 Å². The van der Waals surface area contributed by atoms with Crippen molar-refractivity contribution in [1.29, 1.82) is 0 Å². The summed E-state index contributed by atoms with van der Waals surface area (Å²) in [5.74, 6) is 0.757. The van der Waals surface area contributed by atoms with Crippen LogP contribution >= 0.6 is 11.3 Å². The first-order valence-electron chi connectivity index (χ1n) is 11.4. The molecule has 2 aromatic heterocycles. The highest BCUT2D eigenvalue weighted by molar-refractivity contribution is 7.89. The van der Waals surface area contributed by atoms with Crippen LogP contribution in [0, 0.1) is 6.92 Å². The lowest BCUT2D eigenvalue weighted by Crippen LogP contribution is -2.48. The minimum atomic E-state index is -3.56. The molecule has 0 bridgehead atoms. The Morgan fingerprint density at radius 1 is 0.857 bits per heavy atom. The van der Waals surface area contributed by atoms with Crippen molar-refractivity contribution in [1.82, 2.24) is 19.5 Å². The van der Waals surface area contributed by atoms with Crippen molar-refractivity contribution < 1.29 is 8.42 Å². The van der Waals surface area contributed by atoms with Crippen LogP contribution in [0.1, 0.15) is 5.01 Å². The summed E-state index contributed by atoms with van der Waals surface area (Å²) < 4.78 is 29.0. The predicted octanol–water partition coefficient (Wildman–Crippen LogP) is 4.73. The molecule has 1 aliphatic heterocycles. The monoisotopic (exact) mass is 501 g/mol. The van der Waals surface area contributed by atoms with Crippen LogP contribution in [0.15, 0.2) is 77.7 Å². The minimum Gasteiger partial charge on any atom is -0.352 e. The average Bonchev–Trinajstić information content (AvgIpc) is 3.28. The Balaban J connectivity index is 1.18. The van der Waals surface area contributed by atoms with Gasteiger partial charge in [-0.15, -0.1) is 21.5 Å². The van der Waals surface area contributed by atoms with Crippen LogP contribution in [0.25, 0.3) is 32.2 Å². The fourth-order valence-electron chi connectivity index (χ4n) is 4.57. The molecule has 0 radical (unpaired) electrons. The maximum absolute atomic E-state index is 13.3. The zero-order chi connectivity index (χ0) is 24.0. The highest BCUT2D eigenvalue weighted by atomic mass is 32.2. The van der Waals surface area contributed by atoms with E-state index in [4.69, 9.17) is 0 Å². The van der Waals surface area contributed by atoms with Gasteiger partial charge in [0.2, 0.25) is 10.0 Å². The molecule has 7 nitrogen and oxygen atoms in total. The van der Waals surface area contributed by atoms with Gasteiger partial charge in [0.05, 0.1) is 25.8 Å². The second-order valence-corrected chi connectivity index (χ2v) is 11.7. The molecule has 35 heavy (non-hydrogen) atoms. The van der Waals surface area contributed by atoms with Gasteiger partial charge in [0.1, 0.15) is 0 Å². The number of thiazole rings is 1. The molecule has 3 heterocycles. The van der Waals surface area contributed by atoms with Gasteiger partial charge in [-0.2, -0.15) is 4.31 Å². The predicted molar refractivity (Wildman–Crippen MR) is 140 cm³/mol. The van der Waals surface area contributed by atoms with Gasteiger partial charge >= 0.3 is 0 Å². The van der Waals surface area contributed by atoms with E-state index in [0.717, 1.165) is 43.1 Å². The molecule has 1 saturated heterocycles. The molecule has 6 rings (SSSR count). The molecular formula is C26H23N5O2S2. The maximum Gasteiger partial charge on any atom is 0.243 e. The van der Waals surface area contributed by atoms with E-state index in [1.165, 1.54) is 11.3 Å². The Kier molecular flexibility index (Phi) is 5.47. The largest absolute Gasteiger partial charge is 0.352 e. The lowest BCUT2D eigenvalue weighted by atomic mass is 10.0. The fraction of sp³-hybridized carbons (Fsp3) is 0.192. The highest BCUT2D eigenvalue weighted by Crippen LogP contribution is 2.29. The van der Waals surface area contributed by atoms with Crippen LogP contribution in [0.4, 0.5) is 5.82 Å². The molecule has 176 valence electrons. The summed E-state index contributed by atoms with van der Waals surface area (Å²) in [6.07, 6.45) is 0. The molecule has 0 aliphatic carbocycles. The number of hydrogen-bond acceptors (Lipinski definition) is 7. The standard InChI is InChI=1S/C26H23N5O2S2/c1-18-27-24-10-9-20(17-25(24)34-18)35(32,33)31-15-13-30(14-16-31)26-12-11-23(28-29-26)22-8-4-6-19-5-2-3-7-21(19)22/h2-12,17H,13-16H2,1H3. The molecule has 0 spiro atoms. The fourth-order valence-corrected chi connectivity index (χ4v) is 6.96. The molecule has 0 amide bonds. The minimum absolute atomic E-state index is 0.321. The second-order valence-electron chi connectivity index (χ2n) is 8.56. The second kappa shape index (κ2) is 8.67. The van der Waals surface area contributed by atoms with E-state index in [1.54, 1.807) is 22.5 Å². The van der Waals surface area contributed by atoms with E-state index in [-0.39, 0.29) is 0 Å². The van der Waals surface area contributed by atoms with Crippen molar-refractivity contribution in [3.63, 3.8) is 0 Å². The van der Waals surface area contributed by atoms with Gasteiger partial charge < -0.3 is 4.90 Å². The van der Waals surface area contributed by atoms with Gasteiger partial charge in [-0.1, -0.05) is 42.5 Å². The third-order valence-electron chi connectivity index (χ3n) is 6.38. The molecule has 0 N–H and O–H groups in total. The van der Waals surface area contributed by atoms with E-state index in [0.29, 0.717) is 31.1 Å². The Morgan fingerprint density at radius 2 is 1.66 bits per heavy atom. The number of rotatable bonds is 4. The third kappa shape index (κ3) is 4.05. The van der Waals surface area contributed by atoms with Crippen molar-refractivity contribution in [3.05, 3.63) is 77.8 Å². The molecule has 1 fully saturated rings. The van der Waals surface area contributed by atoms with Gasteiger partial charge in [0.25, 0.3) is 0 Å². The van der Waals surface area contributed by atoms with E-state index < -0.39 is 10.0 Å². The van der Waals surface area contributed by atoms with Crippen LogP contribution in [0.5, 0.6) is 0 Å². The van der Waals surface area contributed by atoms with Gasteiger partial charge in [-0.3, -0.25) is 0 Å². The summed E-state index contributed by atoms with van der Waals surface area (Å²) in [4.78, 5) is 6.83. The first kappa shape index (κ1) is 22.1. The van der Waals surface area contributed by atoms with Crippen molar-refractivity contribution >= 4 is 48.2 Å². The van der Waals surface area contributed by atoms with E-state index in [2.05, 4.69) is 44.3 Å². The van der Waals surface area contributed by atoms with Gasteiger partial charge in [-0.05, 0) is 48.0 Å². The zero-order valence-corrected chi connectivity index (χ0v) is 20.8. The third-order valence-corrected chi connectivity index (χ3v) is 9.21. The summed E-state index contributed by atoms with van der Waals surface area (Å²) in [6.45, 7) is 3.84. The summed E-state index contributed by atoms with van der Waals surface area (Å²) in [7, 11) is -3.56. The van der Waals surface area contributed by atoms with Crippen LogP contribution in [-0.4, -0.2) is 54.1 Å². The molecule has 0 atom stereocenters. The molecule has 0 saturated carbocycles. The SMILES string of the molecule is Cc1nc2ccc(S(=O)(=O)N3CCN(c4ccc(-c5cccc6ccccc56)nn4)CC3)cc2s1. The molecule has 9 heteroatoms. The number of hydrogen-bond donors (Lipinski definition) is 0. The van der Waals surface area contributed by atoms with Gasteiger partial charge in [0, 0.05) is 31.7 Å². The quantitative estimate of drug-likeness (QED) is 0.354. The van der Waals surface area contributed by atoms with E-state index >= 15 is 0 Å². The number of nitrogens with zero attached hydrogens (tertiary/aromatic N) is 5. The van der Waals surface area contributed by atoms with Gasteiger partial charge in [0.15, 0.2) is 5.82 Å². The number of aryl methyl sites for hydroxylation is 1. The van der Waals surface area contributed by atoms with E-state index in [1.807, 2.05) is 37.3 Å². The Labute approximate surface area is 207 Å². The average molecular weight is 502 g/mol. The lowest BCUT2D eigenvalue weighted by molar-refractivity contribution is 0.383. The number of sulfonamides is 1. The summed E-state index contributed by atoms with van der Waals surface area (Å²) in [5.41, 5.74) is 2.70. The van der Waals surface area contributed by atoms with Crippen LogP contribution in [-0.2, 0) is 10.0 Å². The smallest absolute Gasteiger partial charge is 0.243 e. The number of piperazine rings is 1. The lowest BCUT2D eigenvalue weighted by Gasteiger charge is -2.34. The zero-order valence-electron chi connectivity index (χ0n) is 19.1. The molecule has 5 aromatic rings. The van der Waals surface area contributed by atoms with Crippen molar-refractivity contribution in [2.45, 2.75) is 11.8 Å². The number of fused-ring (bicyclic) bond motifs is 2. The van der Waals surface area contributed by atoms with Crippen LogP contribution < -0.4 is 4.90 Å². The molecular weight excluding hydrogens is 478 g/mol. The van der Waals surface area contributed by atoms with Crippen molar-refractivity contribution in [2.75, 3.05) is 31.1 Å². The first-order chi connectivity index (χ1) is 17.0. The highest BCUT2D eigenvalue weighted by Gasteiger charge is 2.29. The first-order valence-corrected chi connectivity index (χ1v) is 13.7. The van der Waals surface area contributed by atoms with Crippen LogP contribution in [0.2, 0.25) is 0 Å². The summed E-state index contributed by atoms with van der Waals surface area (Å²) >= 11 is 1.51. The normalized spacial score (nSPS) is 15.2. The van der Waals surface area contributed by atoms with Crippen molar-refractivity contribution in [3.8, 4) is 11.3 Å². The maximum atomic E-state index is 13.3. The topological polar surface area (TPSA) is 79.3 Å².